The van der Waals surface area contributed by atoms with Crippen molar-refractivity contribution >= 4 is 67.8 Å². The molecule has 0 unspecified atom stereocenters. The number of aromatic hydroxyl groups is 1. The van der Waals surface area contributed by atoms with Crippen LogP contribution in [0.1, 0.15) is 5.56 Å². The minimum absolute atomic E-state index is 0.260. The van der Waals surface area contributed by atoms with Crippen LogP contribution in [0.4, 0.5) is 0 Å². The molecule has 20 heavy (non-hydrogen) atoms. The monoisotopic (exact) mass is 606 g/mol. The highest BCUT2D eigenvalue weighted by Crippen LogP contribution is 2.34. The molecule has 0 atom stereocenters. The van der Waals surface area contributed by atoms with E-state index in [1.807, 2.05) is 6.07 Å². The van der Waals surface area contributed by atoms with Crippen molar-refractivity contribution in [3.63, 3.8) is 0 Å². The van der Waals surface area contributed by atoms with Gasteiger partial charge < -0.3 is 15.6 Å². The molecule has 2 aromatic carbocycles. The summed E-state index contributed by atoms with van der Waals surface area (Å²) >= 11 is 6.59. The summed E-state index contributed by atoms with van der Waals surface area (Å²) in [6, 6.07) is 9.32. The van der Waals surface area contributed by atoms with Crippen molar-refractivity contribution in [1.82, 2.24) is 0 Å². The lowest BCUT2D eigenvalue weighted by Crippen LogP contribution is -1.98. The molecule has 3 N–H and O–H groups in total. The number of halogens is 3. The fourth-order valence-electron chi connectivity index (χ4n) is 1.63. The predicted molar refractivity (Wildman–Crippen MR) is 105 cm³/mol. The van der Waals surface area contributed by atoms with Crippen LogP contribution in [0.3, 0.4) is 0 Å². The number of hydrogen-bond donors (Lipinski definition) is 2. The van der Waals surface area contributed by atoms with E-state index in [2.05, 4.69) is 79.9 Å². The van der Waals surface area contributed by atoms with Crippen LogP contribution >= 0.6 is 67.8 Å². The molecule has 0 heterocycles. The van der Waals surface area contributed by atoms with Crippen LogP contribution in [0, 0.1) is 17.3 Å². The Labute approximate surface area is 158 Å². The minimum Gasteiger partial charge on any atom is -0.507 e. The highest BCUT2D eigenvalue weighted by atomic mass is 127. The van der Waals surface area contributed by atoms with Gasteiger partial charge in [-0.15, -0.1) is 0 Å². The molecule has 0 spiro atoms. The lowest BCUT2D eigenvalue weighted by molar-refractivity contribution is 0.458. The Balaban J connectivity index is 2.31. The normalized spacial score (nSPS) is 10.6. The molecule has 0 bridgehead atoms. The smallest absolute Gasteiger partial charge is 0.154 e. The van der Waals surface area contributed by atoms with E-state index in [1.54, 1.807) is 18.7 Å². The van der Waals surface area contributed by atoms with Gasteiger partial charge in [-0.2, -0.15) is 0 Å². The summed E-state index contributed by atoms with van der Waals surface area (Å²) in [6.45, 7) is 1.64. The van der Waals surface area contributed by atoms with Crippen molar-refractivity contribution in [1.29, 1.82) is 0 Å². The summed E-state index contributed by atoms with van der Waals surface area (Å²) in [6.07, 6.45) is 0.739. The van der Waals surface area contributed by atoms with Gasteiger partial charge in [-0.1, -0.05) is 0 Å². The Morgan fingerprint density at radius 2 is 1.70 bits per heavy atom. The fourth-order valence-corrected chi connectivity index (χ4v) is 4.24. The Kier molecular flexibility index (Phi) is 6.17. The number of nitrogens with two attached hydrogens (primary N) is 1. The lowest BCUT2D eigenvalue weighted by Gasteiger charge is -2.12. The number of phenolic OH excluding ortho intramolecular Hbond substituents is 1. The van der Waals surface area contributed by atoms with E-state index in [0.29, 0.717) is 5.75 Å². The van der Waals surface area contributed by atoms with Gasteiger partial charge in [0, 0.05) is 6.54 Å². The Morgan fingerprint density at radius 1 is 1.05 bits per heavy atom. The average Bonchev–Trinajstić information content (AvgIpc) is 2.38. The Morgan fingerprint density at radius 3 is 2.25 bits per heavy atom. The zero-order chi connectivity index (χ0) is 14.7. The second-order valence-corrected chi connectivity index (χ2v) is 7.53. The first-order valence-corrected chi connectivity index (χ1v) is 8.92. The highest BCUT2D eigenvalue weighted by Gasteiger charge is 2.11. The van der Waals surface area contributed by atoms with Gasteiger partial charge in [0.25, 0.3) is 0 Å². The molecule has 0 saturated heterocycles. The van der Waals surface area contributed by atoms with Gasteiger partial charge in [-0.05, 0) is 110 Å². The first kappa shape index (κ1) is 16.6. The van der Waals surface area contributed by atoms with E-state index in [1.165, 1.54) is 0 Å². The molecule has 0 aromatic heterocycles. The van der Waals surface area contributed by atoms with Gasteiger partial charge >= 0.3 is 0 Å². The van der Waals surface area contributed by atoms with E-state index in [-0.39, 0.29) is 5.75 Å². The van der Waals surface area contributed by atoms with Crippen LogP contribution in [0.25, 0.3) is 0 Å². The third-order valence-electron chi connectivity index (χ3n) is 2.55. The Bertz CT molecular complexity index is 609. The standard InChI is InChI=1S/C14H11I3NO2/c15-10-7-9(1-2-13(10)19)20-14-11(16)5-8(3-4-18)6-12(14)17/h1-2,4-7,19H,3,18H2. The molecule has 0 aliphatic rings. The van der Waals surface area contributed by atoms with Gasteiger partial charge in [0.1, 0.15) is 11.5 Å². The first-order chi connectivity index (χ1) is 9.51. The second-order valence-electron chi connectivity index (χ2n) is 4.04. The maximum absolute atomic E-state index is 9.53. The topological polar surface area (TPSA) is 55.5 Å². The Hall–Kier alpha value is 0.190. The largest absolute Gasteiger partial charge is 0.507 e. The van der Waals surface area contributed by atoms with Crippen molar-refractivity contribution in [2.24, 2.45) is 5.73 Å². The van der Waals surface area contributed by atoms with Gasteiger partial charge in [0.05, 0.1) is 10.7 Å². The van der Waals surface area contributed by atoms with Crippen molar-refractivity contribution in [2.45, 2.75) is 6.42 Å². The molecule has 6 heteroatoms. The fraction of sp³-hybridized carbons (Fsp3) is 0.0714. The summed E-state index contributed by atoms with van der Waals surface area (Å²) in [5.74, 6) is 1.80. The molecular weight excluding hydrogens is 595 g/mol. The van der Waals surface area contributed by atoms with E-state index < -0.39 is 0 Å². The molecule has 0 saturated carbocycles. The third kappa shape index (κ3) is 4.10. The average molecular weight is 606 g/mol. The molecule has 1 radical (unpaired) electrons. The summed E-state index contributed by atoms with van der Waals surface area (Å²) in [7, 11) is 0. The third-order valence-corrected chi connectivity index (χ3v) is 5.02. The summed E-state index contributed by atoms with van der Waals surface area (Å²) < 4.78 is 8.77. The van der Waals surface area contributed by atoms with Crippen LogP contribution in [0.2, 0.25) is 0 Å². The maximum atomic E-state index is 9.53. The number of benzene rings is 2. The van der Waals surface area contributed by atoms with Crippen LogP contribution < -0.4 is 10.5 Å². The SMILES string of the molecule is N[CH]Cc1cc(I)c(Oc2ccc(O)c(I)c2)c(I)c1. The molecule has 0 aliphatic carbocycles. The molecule has 0 amide bonds. The first-order valence-electron chi connectivity index (χ1n) is 5.69. The van der Waals surface area contributed by atoms with Gasteiger partial charge in [-0.25, -0.2) is 0 Å². The van der Waals surface area contributed by atoms with E-state index in [0.717, 1.165) is 28.4 Å². The number of phenols is 1. The highest BCUT2D eigenvalue weighted by molar-refractivity contribution is 14.1. The summed E-state index contributed by atoms with van der Waals surface area (Å²) in [5, 5.41) is 9.53. The predicted octanol–water partition coefficient (Wildman–Crippen LogP) is 4.66. The molecule has 0 fully saturated rings. The van der Waals surface area contributed by atoms with Gasteiger partial charge in [0.15, 0.2) is 5.75 Å². The van der Waals surface area contributed by atoms with Crippen LogP contribution in [-0.2, 0) is 6.42 Å². The van der Waals surface area contributed by atoms with Gasteiger partial charge in [0.2, 0.25) is 0 Å². The van der Waals surface area contributed by atoms with Gasteiger partial charge in [-0.3, -0.25) is 0 Å². The molecular formula is C14H11I3NO2. The van der Waals surface area contributed by atoms with Crippen molar-refractivity contribution in [2.75, 3.05) is 0 Å². The molecule has 0 aliphatic heterocycles. The van der Waals surface area contributed by atoms with Crippen molar-refractivity contribution < 1.29 is 9.84 Å². The van der Waals surface area contributed by atoms with E-state index in [9.17, 15) is 5.11 Å². The second kappa shape index (κ2) is 7.45. The van der Waals surface area contributed by atoms with E-state index >= 15 is 0 Å². The number of rotatable bonds is 4. The quantitative estimate of drug-likeness (QED) is 0.499. The van der Waals surface area contributed by atoms with Crippen LogP contribution in [0.5, 0.6) is 17.2 Å². The van der Waals surface area contributed by atoms with Crippen molar-refractivity contribution in [3.8, 4) is 17.2 Å². The number of ether oxygens (including phenoxy) is 1. The zero-order valence-corrected chi connectivity index (χ0v) is 16.7. The van der Waals surface area contributed by atoms with Crippen LogP contribution in [0.15, 0.2) is 30.3 Å². The minimum atomic E-state index is 0.260. The summed E-state index contributed by atoms with van der Waals surface area (Å²) in [4.78, 5) is 0. The summed E-state index contributed by atoms with van der Waals surface area (Å²) in [5.41, 5.74) is 6.63. The molecule has 3 nitrogen and oxygen atoms in total. The van der Waals surface area contributed by atoms with Crippen molar-refractivity contribution in [3.05, 3.63) is 53.2 Å². The number of hydrogen-bond acceptors (Lipinski definition) is 3. The molecule has 2 rings (SSSR count). The van der Waals surface area contributed by atoms with Crippen LogP contribution in [-0.4, -0.2) is 5.11 Å². The zero-order valence-electron chi connectivity index (χ0n) is 10.2. The maximum Gasteiger partial charge on any atom is 0.154 e. The molecule has 105 valence electrons. The van der Waals surface area contributed by atoms with E-state index in [4.69, 9.17) is 10.5 Å². The lowest BCUT2D eigenvalue weighted by atomic mass is 10.1. The molecule has 2 aromatic rings.